The molecule has 0 aromatic heterocycles. The van der Waals surface area contributed by atoms with Crippen LogP contribution in [0.15, 0.2) is 29.2 Å². The molecule has 2 aliphatic rings. The largest absolute Gasteiger partial charge is 0.321 e. The van der Waals surface area contributed by atoms with Crippen LogP contribution in [0.25, 0.3) is 0 Å². The highest BCUT2D eigenvalue weighted by atomic mass is 32.2. The monoisotopic (exact) mass is 233 g/mol. The molecule has 0 spiro atoms. The first-order valence-corrected chi connectivity index (χ1v) is 7.20. The summed E-state index contributed by atoms with van der Waals surface area (Å²) in [5, 5.41) is 0.893. The van der Waals surface area contributed by atoms with Gasteiger partial charge in [0.1, 0.15) is 0 Å². The summed E-state index contributed by atoms with van der Waals surface area (Å²) in [5.74, 6) is 0. The van der Waals surface area contributed by atoms with Crippen LogP contribution in [0.3, 0.4) is 0 Å². The summed E-state index contributed by atoms with van der Waals surface area (Å²) in [6.45, 7) is 0. The van der Waals surface area contributed by atoms with Gasteiger partial charge in [0.2, 0.25) is 0 Å². The van der Waals surface area contributed by atoms with Gasteiger partial charge in [-0.15, -0.1) is 11.8 Å². The van der Waals surface area contributed by atoms with Gasteiger partial charge in [0, 0.05) is 15.7 Å². The Morgan fingerprint density at radius 2 is 1.69 bits per heavy atom. The highest BCUT2D eigenvalue weighted by Gasteiger charge is 2.31. The molecule has 86 valence electrons. The maximum atomic E-state index is 6.44. The first-order valence-electron chi connectivity index (χ1n) is 6.32. The predicted molar refractivity (Wildman–Crippen MR) is 69.7 cm³/mol. The van der Waals surface area contributed by atoms with Crippen molar-refractivity contribution in [1.82, 2.24) is 0 Å². The molecule has 2 fully saturated rings. The lowest BCUT2D eigenvalue weighted by atomic mass is 9.90. The van der Waals surface area contributed by atoms with E-state index in [0.29, 0.717) is 0 Å². The van der Waals surface area contributed by atoms with Crippen LogP contribution in [0.1, 0.15) is 44.1 Å². The minimum absolute atomic E-state index is 0.0250. The summed E-state index contributed by atoms with van der Waals surface area (Å²) >= 11 is 2.02. The Labute approximate surface area is 102 Å². The van der Waals surface area contributed by atoms with E-state index in [0.717, 1.165) is 18.1 Å². The van der Waals surface area contributed by atoms with Crippen molar-refractivity contribution in [3.05, 3.63) is 29.8 Å². The molecule has 3 rings (SSSR count). The maximum Gasteiger partial charge on any atom is 0.0409 e. The summed E-state index contributed by atoms with van der Waals surface area (Å²) in [4.78, 5) is 1.41. The van der Waals surface area contributed by atoms with Crippen LogP contribution in [-0.4, -0.2) is 5.25 Å². The van der Waals surface area contributed by atoms with Crippen LogP contribution in [-0.2, 0) is 5.54 Å². The summed E-state index contributed by atoms with van der Waals surface area (Å²) in [6.07, 6.45) is 7.68. The zero-order valence-corrected chi connectivity index (χ0v) is 10.4. The Bertz CT molecular complexity index is 361. The molecule has 0 amide bonds. The molecule has 1 nitrogen and oxygen atoms in total. The second-order valence-electron chi connectivity index (χ2n) is 5.20. The number of benzene rings is 1. The molecule has 1 aromatic carbocycles. The SMILES string of the molecule is NC1(c2ccc(SC3CC3)cc2)CCCC1. The van der Waals surface area contributed by atoms with Gasteiger partial charge < -0.3 is 5.73 Å². The second-order valence-corrected chi connectivity index (χ2v) is 6.58. The summed E-state index contributed by atoms with van der Waals surface area (Å²) < 4.78 is 0. The van der Waals surface area contributed by atoms with Crippen molar-refractivity contribution in [2.24, 2.45) is 5.73 Å². The van der Waals surface area contributed by atoms with E-state index < -0.39 is 0 Å². The second kappa shape index (κ2) is 4.08. The Morgan fingerprint density at radius 1 is 1.06 bits per heavy atom. The topological polar surface area (TPSA) is 26.0 Å². The van der Waals surface area contributed by atoms with Crippen molar-refractivity contribution in [3.8, 4) is 0 Å². The first kappa shape index (κ1) is 10.7. The molecule has 0 radical (unpaired) electrons. The molecule has 0 unspecified atom stereocenters. The first-order chi connectivity index (χ1) is 7.76. The molecule has 0 saturated heterocycles. The van der Waals surface area contributed by atoms with Crippen LogP contribution in [0.4, 0.5) is 0 Å². The summed E-state index contributed by atoms with van der Waals surface area (Å²) in [7, 11) is 0. The van der Waals surface area contributed by atoms with E-state index in [2.05, 4.69) is 24.3 Å². The minimum Gasteiger partial charge on any atom is -0.321 e. The van der Waals surface area contributed by atoms with Crippen LogP contribution in [0.5, 0.6) is 0 Å². The Hall–Kier alpha value is -0.470. The number of rotatable bonds is 3. The Balaban J connectivity index is 1.75. The van der Waals surface area contributed by atoms with Crippen LogP contribution in [0.2, 0.25) is 0 Å². The van der Waals surface area contributed by atoms with Gasteiger partial charge in [-0.2, -0.15) is 0 Å². The fraction of sp³-hybridized carbons (Fsp3) is 0.571. The van der Waals surface area contributed by atoms with E-state index in [1.165, 1.54) is 36.1 Å². The molecular formula is C14H19NS. The lowest BCUT2D eigenvalue weighted by Crippen LogP contribution is -2.32. The minimum atomic E-state index is -0.0250. The molecule has 2 N–H and O–H groups in total. The summed E-state index contributed by atoms with van der Waals surface area (Å²) in [6, 6.07) is 9.00. The standard InChI is InChI=1S/C14H19NS/c15-14(9-1-2-10-14)11-3-5-12(6-4-11)16-13-7-8-13/h3-6,13H,1-2,7-10,15H2. The van der Waals surface area contributed by atoms with Gasteiger partial charge in [-0.3, -0.25) is 0 Å². The summed E-state index contributed by atoms with van der Waals surface area (Å²) in [5.41, 5.74) is 7.75. The lowest BCUT2D eigenvalue weighted by Gasteiger charge is -2.24. The van der Waals surface area contributed by atoms with Gasteiger partial charge in [-0.25, -0.2) is 0 Å². The Kier molecular flexibility index (Phi) is 2.72. The van der Waals surface area contributed by atoms with Gasteiger partial charge in [0.25, 0.3) is 0 Å². The molecule has 2 saturated carbocycles. The third-order valence-corrected chi connectivity index (χ3v) is 5.10. The zero-order valence-electron chi connectivity index (χ0n) is 9.61. The van der Waals surface area contributed by atoms with Crippen LogP contribution < -0.4 is 5.73 Å². The average molecular weight is 233 g/mol. The molecule has 0 bridgehead atoms. The van der Waals surface area contributed by atoms with Crippen molar-refractivity contribution in [2.75, 3.05) is 0 Å². The lowest BCUT2D eigenvalue weighted by molar-refractivity contribution is 0.461. The van der Waals surface area contributed by atoms with Gasteiger partial charge in [0.15, 0.2) is 0 Å². The smallest absolute Gasteiger partial charge is 0.0409 e. The highest BCUT2D eigenvalue weighted by Crippen LogP contribution is 2.41. The Morgan fingerprint density at radius 3 is 2.25 bits per heavy atom. The van der Waals surface area contributed by atoms with Crippen molar-refractivity contribution < 1.29 is 0 Å². The molecule has 2 heteroatoms. The quantitative estimate of drug-likeness (QED) is 0.862. The van der Waals surface area contributed by atoms with Gasteiger partial charge >= 0.3 is 0 Å². The number of nitrogens with two attached hydrogens (primary N) is 1. The maximum absolute atomic E-state index is 6.44. The van der Waals surface area contributed by atoms with Gasteiger partial charge in [0.05, 0.1) is 0 Å². The molecule has 16 heavy (non-hydrogen) atoms. The normalized spacial score (nSPS) is 23.6. The molecule has 0 aliphatic heterocycles. The fourth-order valence-electron chi connectivity index (χ4n) is 2.54. The van der Waals surface area contributed by atoms with E-state index in [9.17, 15) is 0 Å². The third kappa shape index (κ3) is 2.14. The fourth-order valence-corrected chi connectivity index (χ4v) is 3.59. The van der Waals surface area contributed by atoms with E-state index >= 15 is 0 Å². The van der Waals surface area contributed by atoms with Gasteiger partial charge in [-0.1, -0.05) is 25.0 Å². The third-order valence-electron chi connectivity index (χ3n) is 3.75. The van der Waals surface area contributed by atoms with E-state index in [1.807, 2.05) is 11.8 Å². The van der Waals surface area contributed by atoms with Crippen molar-refractivity contribution in [1.29, 1.82) is 0 Å². The molecule has 1 aromatic rings. The van der Waals surface area contributed by atoms with Crippen molar-refractivity contribution >= 4 is 11.8 Å². The average Bonchev–Trinajstić information content (AvgIpc) is 3.00. The number of hydrogen-bond donors (Lipinski definition) is 1. The van der Waals surface area contributed by atoms with Crippen molar-refractivity contribution in [2.45, 2.75) is 54.2 Å². The zero-order chi connectivity index (χ0) is 11.0. The number of thioether (sulfide) groups is 1. The molecule has 0 heterocycles. The van der Waals surface area contributed by atoms with Gasteiger partial charge in [-0.05, 0) is 43.4 Å². The number of hydrogen-bond acceptors (Lipinski definition) is 2. The van der Waals surface area contributed by atoms with E-state index in [4.69, 9.17) is 5.73 Å². The predicted octanol–water partition coefficient (Wildman–Crippen LogP) is 3.67. The van der Waals surface area contributed by atoms with Crippen LogP contribution >= 0.6 is 11.8 Å². The van der Waals surface area contributed by atoms with Crippen molar-refractivity contribution in [3.63, 3.8) is 0 Å². The molecular weight excluding hydrogens is 214 g/mol. The molecule has 0 atom stereocenters. The van der Waals surface area contributed by atoms with E-state index in [-0.39, 0.29) is 5.54 Å². The molecule has 2 aliphatic carbocycles. The van der Waals surface area contributed by atoms with Crippen LogP contribution in [0, 0.1) is 0 Å². The van der Waals surface area contributed by atoms with E-state index in [1.54, 1.807) is 0 Å². The highest BCUT2D eigenvalue weighted by molar-refractivity contribution is 8.00.